The number of thiocarbonyl (C=S) groups is 1. The zero-order valence-corrected chi connectivity index (χ0v) is 9.86. The number of nitrogens with two attached hydrogens (primary N) is 2. The van der Waals surface area contributed by atoms with Crippen molar-refractivity contribution in [1.29, 1.82) is 0 Å². The fourth-order valence-electron chi connectivity index (χ4n) is 1.13. The Bertz CT molecular complexity index is 376. The van der Waals surface area contributed by atoms with Crippen LogP contribution in [0.3, 0.4) is 0 Å². The first-order valence-electron chi connectivity index (χ1n) is 4.30. The predicted octanol–water partition coefficient (Wildman–Crippen LogP) is 1.73. The van der Waals surface area contributed by atoms with E-state index in [1.807, 2.05) is 11.4 Å². The molecule has 6 heteroatoms. The lowest BCUT2D eigenvalue weighted by molar-refractivity contribution is 0.118. The minimum Gasteiger partial charge on any atom is -0.441 e. The summed E-state index contributed by atoms with van der Waals surface area (Å²) >= 11 is 6.29. The van der Waals surface area contributed by atoms with Gasteiger partial charge in [0.05, 0.1) is 4.99 Å². The van der Waals surface area contributed by atoms with Crippen LogP contribution in [0.5, 0.6) is 0 Å². The van der Waals surface area contributed by atoms with Crippen molar-refractivity contribution in [2.75, 3.05) is 0 Å². The minimum absolute atomic E-state index is 0.326. The molecular weight excluding hydrogens is 232 g/mol. The van der Waals surface area contributed by atoms with Crippen LogP contribution in [-0.2, 0) is 11.2 Å². The topological polar surface area (TPSA) is 78.3 Å². The molecule has 0 bridgehead atoms. The van der Waals surface area contributed by atoms with Crippen molar-refractivity contribution < 1.29 is 9.53 Å². The average molecular weight is 244 g/mol. The van der Waals surface area contributed by atoms with Crippen LogP contribution in [0, 0.1) is 0 Å². The maximum Gasteiger partial charge on any atom is 0.405 e. The van der Waals surface area contributed by atoms with Gasteiger partial charge in [-0.15, -0.1) is 11.3 Å². The molecule has 1 aromatic rings. The Hall–Kier alpha value is -1.14. The van der Waals surface area contributed by atoms with Crippen LogP contribution in [0.25, 0.3) is 0 Å². The number of amides is 1. The molecule has 1 heterocycles. The molecule has 1 rings (SSSR count). The van der Waals surface area contributed by atoms with Crippen LogP contribution in [-0.4, -0.2) is 11.1 Å². The first kappa shape index (κ1) is 11.9. The number of rotatable bonds is 4. The van der Waals surface area contributed by atoms with Gasteiger partial charge in [0.1, 0.15) is 6.10 Å². The molecule has 4 N–H and O–H groups in total. The number of ether oxygens (including phenoxy) is 1. The number of hydrogen-bond acceptors (Lipinski definition) is 4. The van der Waals surface area contributed by atoms with E-state index in [4.69, 9.17) is 28.4 Å². The summed E-state index contributed by atoms with van der Waals surface area (Å²) < 4.78 is 4.84. The molecule has 0 aliphatic rings. The largest absolute Gasteiger partial charge is 0.441 e. The molecule has 0 spiro atoms. The highest BCUT2D eigenvalue weighted by Gasteiger charge is 2.11. The number of primary amides is 1. The molecule has 1 amide bonds. The lowest BCUT2D eigenvalue weighted by atomic mass is 10.2. The second-order valence-corrected chi connectivity index (χ2v) is 4.55. The van der Waals surface area contributed by atoms with Gasteiger partial charge in [-0.1, -0.05) is 12.2 Å². The molecule has 0 saturated carbocycles. The lowest BCUT2D eigenvalue weighted by Crippen LogP contribution is -2.15. The van der Waals surface area contributed by atoms with E-state index in [0.717, 1.165) is 10.4 Å². The third kappa shape index (κ3) is 3.85. The van der Waals surface area contributed by atoms with Crippen LogP contribution in [0.1, 0.15) is 23.5 Å². The number of thiophene rings is 1. The van der Waals surface area contributed by atoms with E-state index in [1.165, 1.54) is 11.3 Å². The van der Waals surface area contributed by atoms with Gasteiger partial charge in [-0.3, -0.25) is 0 Å². The third-order valence-corrected chi connectivity index (χ3v) is 3.03. The van der Waals surface area contributed by atoms with Crippen LogP contribution < -0.4 is 11.5 Å². The zero-order valence-electron chi connectivity index (χ0n) is 8.23. The van der Waals surface area contributed by atoms with Crippen LogP contribution in [0.4, 0.5) is 4.79 Å². The fraction of sp³-hybridized carbons (Fsp3) is 0.333. The molecule has 4 nitrogen and oxygen atoms in total. The molecule has 82 valence electrons. The fourth-order valence-corrected chi connectivity index (χ4v) is 2.20. The summed E-state index contributed by atoms with van der Waals surface area (Å²) in [5, 5.41) is 1.94. The summed E-state index contributed by atoms with van der Waals surface area (Å²) in [7, 11) is 0. The van der Waals surface area contributed by atoms with Crippen molar-refractivity contribution in [3.8, 4) is 0 Å². The Morgan fingerprint density at radius 2 is 2.33 bits per heavy atom. The summed E-state index contributed by atoms with van der Waals surface area (Å²) in [6, 6.07) is 1.91. The molecule has 1 aromatic heterocycles. The van der Waals surface area contributed by atoms with Gasteiger partial charge in [0.2, 0.25) is 0 Å². The first-order valence-corrected chi connectivity index (χ1v) is 5.59. The second-order valence-electron chi connectivity index (χ2n) is 3.08. The average Bonchev–Trinajstić information content (AvgIpc) is 2.50. The molecule has 0 saturated heterocycles. The van der Waals surface area contributed by atoms with Crippen molar-refractivity contribution in [3.05, 3.63) is 21.9 Å². The van der Waals surface area contributed by atoms with E-state index in [9.17, 15) is 4.79 Å². The summed E-state index contributed by atoms with van der Waals surface area (Å²) in [6.07, 6.45) is -0.533. The third-order valence-electron chi connectivity index (χ3n) is 1.75. The van der Waals surface area contributed by atoms with Gasteiger partial charge in [-0.25, -0.2) is 4.79 Å². The summed E-state index contributed by atoms with van der Waals surface area (Å²) in [6.45, 7) is 1.77. The van der Waals surface area contributed by atoms with E-state index in [2.05, 4.69) is 0 Å². The summed E-state index contributed by atoms with van der Waals surface area (Å²) in [5.41, 5.74) is 11.4. The molecule has 0 aromatic carbocycles. The Kier molecular flexibility index (Phi) is 4.05. The monoisotopic (exact) mass is 244 g/mol. The van der Waals surface area contributed by atoms with Gasteiger partial charge >= 0.3 is 6.09 Å². The Labute approximate surface area is 97.2 Å². The van der Waals surface area contributed by atoms with Crippen molar-refractivity contribution >= 4 is 34.6 Å². The van der Waals surface area contributed by atoms with E-state index < -0.39 is 6.09 Å². The summed E-state index contributed by atoms with van der Waals surface area (Å²) in [4.78, 5) is 11.9. The molecule has 0 fully saturated rings. The zero-order chi connectivity index (χ0) is 11.4. The van der Waals surface area contributed by atoms with E-state index in [0.29, 0.717) is 11.4 Å². The molecule has 0 radical (unpaired) electrons. The first-order chi connectivity index (χ1) is 6.99. The minimum atomic E-state index is -0.771. The second kappa shape index (κ2) is 5.09. The van der Waals surface area contributed by atoms with Crippen molar-refractivity contribution in [2.24, 2.45) is 11.5 Å². The maximum absolute atomic E-state index is 10.5. The highest BCUT2D eigenvalue weighted by Crippen LogP contribution is 2.24. The maximum atomic E-state index is 10.5. The van der Waals surface area contributed by atoms with Gasteiger partial charge in [0, 0.05) is 11.3 Å². The predicted molar refractivity (Wildman–Crippen MR) is 63.9 cm³/mol. The van der Waals surface area contributed by atoms with E-state index >= 15 is 0 Å². The number of carbonyl (C=O) groups excluding carboxylic acids is 1. The standard InChI is InChI=1S/C9H12N2O2S2/c1-5(13-9(11)12)7-2-6(4-15-7)3-8(10)14/h2,4-5H,3H2,1H3,(H2,10,14)(H2,11,12)/t5-/m1/s1. The molecule has 0 unspecified atom stereocenters. The SMILES string of the molecule is C[C@@H](OC(N)=O)c1cc(CC(N)=S)cs1. The Balaban J connectivity index is 2.66. The van der Waals surface area contributed by atoms with Gasteiger partial charge in [0.15, 0.2) is 0 Å². The van der Waals surface area contributed by atoms with Crippen molar-refractivity contribution in [2.45, 2.75) is 19.4 Å². The normalized spacial score (nSPS) is 12.1. The molecule has 0 aliphatic heterocycles. The van der Waals surface area contributed by atoms with Crippen molar-refractivity contribution in [3.63, 3.8) is 0 Å². The molecule has 15 heavy (non-hydrogen) atoms. The van der Waals surface area contributed by atoms with Gasteiger partial charge in [0.25, 0.3) is 0 Å². The Morgan fingerprint density at radius 1 is 1.67 bits per heavy atom. The highest BCUT2D eigenvalue weighted by molar-refractivity contribution is 7.80. The van der Waals surface area contributed by atoms with Crippen LogP contribution >= 0.6 is 23.6 Å². The van der Waals surface area contributed by atoms with E-state index in [1.54, 1.807) is 6.92 Å². The smallest absolute Gasteiger partial charge is 0.405 e. The molecular formula is C9H12N2O2S2. The lowest BCUT2D eigenvalue weighted by Gasteiger charge is -2.08. The summed E-state index contributed by atoms with van der Waals surface area (Å²) in [5.74, 6) is 0. The molecule has 0 aliphatic carbocycles. The van der Waals surface area contributed by atoms with Crippen LogP contribution in [0.2, 0.25) is 0 Å². The quantitative estimate of drug-likeness (QED) is 0.791. The van der Waals surface area contributed by atoms with Crippen molar-refractivity contribution in [1.82, 2.24) is 0 Å². The number of hydrogen-bond donors (Lipinski definition) is 2. The van der Waals surface area contributed by atoms with Gasteiger partial charge < -0.3 is 16.2 Å². The highest BCUT2D eigenvalue weighted by atomic mass is 32.1. The van der Waals surface area contributed by atoms with Crippen LogP contribution in [0.15, 0.2) is 11.4 Å². The van der Waals surface area contributed by atoms with Gasteiger partial charge in [-0.2, -0.15) is 0 Å². The molecule has 1 atom stereocenters. The van der Waals surface area contributed by atoms with Gasteiger partial charge in [-0.05, 0) is 23.9 Å². The number of carbonyl (C=O) groups is 1. The van der Waals surface area contributed by atoms with E-state index in [-0.39, 0.29) is 6.10 Å². The Morgan fingerprint density at radius 3 is 2.87 bits per heavy atom.